The molecule has 2 fully saturated rings. The number of piperidine rings is 1. The van der Waals surface area contributed by atoms with Gasteiger partial charge in [0.25, 0.3) is 5.91 Å². The van der Waals surface area contributed by atoms with Crippen LogP contribution < -0.4 is 5.73 Å². The van der Waals surface area contributed by atoms with Gasteiger partial charge in [-0.15, -0.1) is 0 Å². The normalized spacial score (nSPS) is 20.3. The average Bonchev–Trinajstić information content (AvgIpc) is 3.46. The van der Waals surface area contributed by atoms with Crippen LogP contribution in [-0.2, 0) is 16.1 Å². The van der Waals surface area contributed by atoms with Crippen LogP contribution in [0.4, 0.5) is 13.2 Å². The summed E-state index contributed by atoms with van der Waals surface area (Å²) in [5.41, 5.74) is 8.93. The number of rotatable bonds is 4. The van der Waals surface area contributed by atoms with E-state index in [1.807, 2.05) is 23.0 Å². The molecule has 2 aliphatic heterocycles. The van der Waals surface area contributed by atoms with Gasteiger partial charge >= 0.3 is 12.1 Å². The molecule has 11 heteroatoms. The predicted molar refractivity (Wildman–Crippen MR) is 126 cm³/mol. The van der Waals surface area contributed by atoms with E-state index in [0.717, 1.165) is 37.3 Å². The average molecular weight is 505 g/mol. The Hall–Kier alpha value is -3.44. The number of aromatic nitrogens is 2. The van der Waals surface area contributed by atoms with E-state index in [1.54, 1.807) is 6.07 Å². The molecule has 192 valence electrons. The minimum atomic E-state index is -5.08. The molecule has 0 radical (unpaired) electrons. The lowest BCUT2D eigenvalue weighted by molar-refractivity contribution is -0.192. The zero-order valence-corrected chi connectivity index (χ0v) is 19.5. The lowest BCUT2D eigenvalue weighted by Crippen LogP contribution is -2.47. The molecule has 1 aromatic heterocycles. The quantitative estimate of drug-likeness (QED) is 0.558. The van der Waals surface area contributed by atoms with Crippen molar-refractivity contribution in [3.05, 3.63) is 59.8 Å². The molecular weight excluding hydrogens is 477 g/mol. The van der Waals surface area contributed by atoms with Crippen molar-refractivity contribution in [1.82, 2.24) is 14.7 Å². The van der Waals surface area contributed by atoms with E-state index in [2.05, 4.69) is 34.3 Å². The number of carboxylic acids is 1. The van der Waals surface area contributed by atoms with Crippen LogP contribution in [0.2, 0.25) is 0 Å². The van der Waals surface area contributed by atoms with Crippen LogP contribution in [-0.4, -0.2) is 63.1 Å². The van der Waals surface area contributed by atoms with Gasteiger partial charge in [-0.05, 0) is 56.0 Å². The van der Waals surface area contributed by atoms with E-state index in [1.165, 1.54) is 31.2 Å². The molecule has 2 aromatic carbocycles. The second kappa shape index (κ2) is 10.3. The SMILES string of the molecule is NC(=O)c1cccc2cn(-c3ccc(CN4CCCC5(CCCO5)C4)cc3)nc12.O=C(O)C(F)(F)F. The van der Waals surface area contributed by atoms with Gasteiger partial charge in [-0.3, -0.25) is 9.69 Å². The Morgan fingerprint density at radius 1 is 1.11 bits per heavy atom. The number of hydrogen-bond acceptors (Lipinski definition) is 5. The summed E-state index contributed by atoms with van der Waals surface area (Å²) in [6.45, 7) is 4.03. The van der Waals surface area contributed by atoms with Crippen molar-refractivity contribution in [2.45, 2.75) is 44.0 Å². The lowest BCUT2D eigenvalue weighted by atomic mass is 9.90. The zero-order chi connectivity index (χ0) is 25.9. The summed E-state index contributed by atoms with van der Waals surface area (Å²) < 4.78 is 39.6. The molecule has 0 bridgehead atoms. The number of likely N-dealkylation sites (tertiary alicyclic amines) is 1. The number of carboxylic acid groups (broad SMARTS) is 1. The number of nitrogens with zero attached hydrogens (tertiary/aromatic N) is 3. The second-order valence-corrected chi connectivity index (χ2v) is 9.10. The number of primary amides is 1. The van der Waals surface area contributed by atoms with E-state index in [4.69, 9.17) is 20.4 Å². The Kier molecular flexibility index (Phi) is 7.32. The fourth-order valence-electron chi connectivity index (χ4n) is 4.79. The van der Waals surface area contributed by atoms with Gasteiger partial charge in [-0.2, -0.15) is 18.3 Å². The molecule has 1 spiro atoms. The predicted octanol–water partition coefficient (Wildman–Crippen LogP) is 3.90. The van der Waals surface area contributed by atoms with Gasteiger partial charge in [0.1, 0.15) is 5.52 Å². The maximum Gasteiger partial charge on any atom is 0.490 e. The number of fused-ring (bicyclic) bond motifs is 1. The van der Waals surface area contributed by atoms with Crippen LogP contribution in [0, 0.1) is 0 Å². The lowest BCUT2D eigenvalue weighted by Gasteiger charge is -2.39. The maximum absolute atomic E-state index is 11.6. The summed E-state index contributed by atoms with van der Waals surface area (Å²) in [5.74, 6) is -3.21. The molecular formula is C25H27F3N4O4. The molecule has 3 N–H and O–H groups in total. The molecule has 2 saturated heterocycles. The van der Waals surface area contributed by atoms with Crippen LogP contribution in [0.15, 0.2) is 48.7 Å². The molecule has 5 rings (SSSR count). The number of carbonyl (C=O) groups excluding carboxylic acids is 1. The molecule has 3 aromatic rings. The fraction of sp³-hybridized carbons (Fsp3) is 0.400. The number of carbonyl (C=O) groups is 2. The molecule has 36 heavy (non-hydrogen) atoms. The van der Waals surface area contributed by atoms with Crippen molar-refractivity contribution in [2.24, 2.45) is 5.73 Å². The van der Waals surface area contributed by atoms with Gasteiger partial charge < -0.3 is 15.6 Å². The van der Waals surface area contributed by atoms with E-state index >= 15 is 0 Å². The van der Waals surface area contributed by atoms with E-state index in [-0.39, 0.29) is 5.60 Å². The van der Waals surface area contributed by atoms with Crippen LogP contribution in [0.5, 0.6) is 0 Å². The van der Waals surface area contributed by atoms with Crippen molar-refractivity contribution in [3.63, 3.8) is 0 Å². The molecule has 8 nitrogen and oxygen atoms in total. The number of amides is 1. The first-order valence-electron chi connectivity index (χ1n) is 11.6. The zero-order valence-electron chi connectivity index (χ0n) is 19.5. The van der Waals surface area contributed by atoms with Crippen molar-refractivity contribution >= 4 is 22.8 Å². The summed E-state index contributed by atoms with van der Waals surface area (Å²) in [5, 5.41) is 12.6. The van der Waals surface area contributed by atoms with Crippen molar-refractivity contribution in [2.75, 3.05) is 19.7 Å². The van der Waals surface area contributed by atoms with E-state index in [0.29, 0.717) is 11.1 Å². The van der Waals surface area contributed by atoms with Gasteiger partial charge in [-0.25, -0.2) is 9.48 Å². The Morgan fingerprint density at radius 3 is 2.42 bits per heavy atom. The number of ether oxygens (including phenoxy) is 1. The molecule has 2 aliphatic rings. The summed E-state index contributed by atoms with van der Waals surface area (Å²) in [6, 6.07) is 14.0. The Bertz CT molecular complexity index is 1230. The summed E-state index contributed by atoms with van der Waals surface area (Å²) in [6.07, 6.45) is 1.65. The molecule has 0 aliphatic carbocycles. The van der Waals surface area contributed by atoms with Crippen LogP contribution in [0.25, 0.3) is 16.6 Å². The second-order valence-electron chi connectivity index (χ2n) is 9.10. The molecule has 1 unspecified atom stereocenters. The van der Waals surface area contributed by atoms with Crippen molar-refractivity contribution < 1.29 is 32.6 Å². The Labute approximate surface area is 205 Å². The first-order valence-corrected chi connectivity index (χ1v) is 11.6. The summed E-state index contributed by atoms with van der Waals surface area (Å²) >= 11 is 0. The van der Waals surface area contributed by atoms with Crippen molar-refractivity contribution in [3.8, 4) is 5.69 Å². The number of alkyl halides is 3. The number of aliphatic carboxylic acids is 1. The highest BCUT2D eigenvalue weighted by Gasteiger charge is 2.39. The van der Waals surface area contributed by atoms with Gasteiger partial charge in [-0.1, -0.05) is 24.3 Å². The summed E-state index contributed by atoms with van der Waals surface area (Å²) in [4.78, 5) is 23.1. The third-order valence-corrected chi connectivity index (χ3v) is 6.45. The Morgan fingerprint density at radius 2 is 1.81 bits per heavy atom. The number of nitrogens with two attached hydrogens (primary N) is 1. The van der Waals surface area contributed by atoms with Crippen LogP contribution in [0.3, 0.4) is 0 Å². The molecule has 0 saturated carbocycles. The minimum Gasteiger partial charge on any atom is -0.475 e. The van der Waals surface area contributed by atoms with Gasteiger partial charge in [0.05, 0.1) is 16.9 Å². The highest BCUT2D eigenvalue weighted by Crippen LogP contribution is 2.35. The fourth-order valence-corrected chi connectivity index (χ4v) is 4.79. The third kappa shape index (κ3) is 5.85. The smallest absolute Gasteiger partial charge is 0.475 e. The highest BCUT2D eigenvalue weighted by molar-refractivity contribution is 6.04. The van der Waals surface area contributed by atoms with Crippen molar-refractivity contribution in [1.29, 1.82) is 0 Å². The maximum atomic E-state index is 11.6. The van der Waals surface area contributed by atoms with Gasteiger partial charge in [0, 0.05) is 31.3 Å². The van der Waals surface area contributed by atoms with Gasteiger partial charge in [0.2, 0.25) is 0 Å². The Balaban J connectivity index is 0.000000384. The standard InChI is InChI=1S/C23H26N4O2.C2HF3O2/c24-22(28)20-5-1-4-18-15-27(25-21(18)20)19-8-6-17(7-9-19)14-26-12-2-10-23(16-26)11-3-13-29-23;3-2(4,5)1(6)7/h1,4-9,15H,2-3,10-14,16H2,(H2,24,28);(H,6,7). The van der Waals surface area contributed by atoms with Crippen LogP contribution >= 0.6 is 0 Å². The van der Waals surface area contributed by atoms with Crippen LogP contribution in [0.1, 0.15) is 41.6 Å². The number of halogens is 3. The molecule has 1 amide bonds. The van der Waals surface area contributed by atoms with Gasteiger partial charge in [0.15, 0.2) is 0 Å². The highest BCUT2D eigenvalue weighted by atomic mass is 19.4. The monoisotopic (exact) mass is 504 g/mol. The first kappa shape index (κ1) is 25.6. The summed E-state index contributed by atoms with van der Waals surface area (Å²) in [7, 11) is 0. The molecule has 1 atom stereocenters. The topological polar surface area (TPSA) is 111 Å². The van der Waals surface area contributed by atoms with E-state index in [9.17, 15) is 18.0 Å². The minimum absolute atomic E-state index is 0.103. The third-order valence-electron chi connectivity index (χ3n) is 6.45. The number of hydrogen-bond donors (Lipinski definition) is 2. The molecule has 3 heterocycles. The van der Waals surface area contributed by atoms with E-state index < -0.39 is 18.1 Å². The first-order chi connectivity index (χ1) is 17.1. The number of benzene rings is 2. The largest absolute Gasteiger partial charge is 0.490 e.